The van der Waals surface area contributed by atoms with Gasteiger partial charge in [0.1, 0.15) is 11.9 Å². The Morgan fingerprint density at radius 1 is 1.05 bits per heavy atom. The first-order valence-corrected chi connectivity index (χ1v) is 5.92. The topological polar surface area (TPSA) is 12.0 Å². The van der Waals surface area contributed by atoms with Crippen molar-refractivity contribution in [3.05, 3.63) is 47.8 Å². The molecule has 2 aromatic rings. The average molecular weight is 271 g/mol. The second-order valence-electron chi connectivity index (χ2n) is 4.21. The molecule has 0 bridgehead atoms. The van der Waals surface area contributed by atoms with Crippen molar-refractivity contribution >= 4 is 10.8 Å². The van der Waals surface area contributed by atoms with Crippen LogP contribution in [-0.2, 0) is 0 Å². The minimum atomic E-state index is -4.42. The van der Waals surface area contributed by atoms with Gasteiger partial charge >= 0.3 is 6.18 Å². The summed E-state index contributed by atoms with van der Waals surface area (Å²) in [4.78, 5) is 0. The smallest absolute Gasteiger partial charge is 0.303 e. The van der Waals surface area contributed by atoms with E-state index < -0.39 is 18.0 Å². The quantitative estimate of drug-likeness (QED) is 0.825. The van der Waals surface area contributed by atoms with E-state index in [1.165, 1.54) is 18.2 Å². The van der Waals surface area contributed by atoms with E-state index >= 15 is 0 Å². The number of alkyl halides is 3. The molecule has 1 unspecified atom stereocenters. The summed E-state index contributed by atoms with van der Waals surface area (Å²) in [5, 5.41) is 2.89. The van der Waals surface area contributed by atoms with Crippen molar-refractivity contribution in [2.75, 3.05) is 6.54 Å². The standard InChI is InChI=1S/C14H13F4N/c1-2-19-13(14(16,17)18)11-7-8-12(15)10-6-4-3-5-9(10)11/h3-8,13,19H,2H2,1H3. The molecule has 1 nitrogen and oxygen atoms in total. The molecule has 0 saturated heterocycles. The molecule has 0 heterocycles. The summed E-state index contributed by atoms with van der Waals surface area (Å²) in [5.41, 5.74) is 0.0475. The van der Waals surface area contributed by atoms with Gasteiger partial charge in [0, 0.05) is 5.39 Å². The summed E-state index contributed by atoms with van der Waals surface area (Å²) >= 11 is 0. The van der Waals surface area contributed by atoms with Gasteiger partial charge in [-0.3, -0.25) is 0 Å². The fourth-order valence-corrected chi connectivity index (χ4v) is 2.14. The van der Waals surface area contributed by atoms with Gasteiger partial charge in [0.2, 0.25) is 0 Å². The van der Waals surface area contributed by atoms with Gasteiger partial charge in [-0.2, -0.15) is 13.2 Å². The normalized spacial score (nSPS) is 13.7. The Kier molecular flexibility index (Phi) is 3.75. The largest absolute Gasteiger partial charge is 0.407 e. The lowest BCUT2D eigenvalue weighted by molar-refractivity contribution is -0.157. The molecule has 2 aromatic carbocycles. The van der Waals surface area contributed by atoms with Crippen LogP contribution in [0.2, 0.25) is 0 Å². The van der Waals surface area contributed by atoms with Gasteiger partial charge in [-0.05, 0) is 23.6 Å². The Labute approximate surface area is 108 Å². The summed E-state index contributed by atoms with van der Waals surface area (Å²) < 4.78 is 52.8. The van der Waals surface area contributed by atoms with Crippen molar-refractivity contribution in [3.63, 3.8) is 0 Å². The van der Waals surface area contributed by atoms with Crippen molar-refractivity contribution in [3.8, 4) is 0 Å². The molecule has 2 rings (SSSR count). The fraction of sp³-hybridized carbons (Fsp3) is 0.286. The maximum absolute atomic E-state index is 13.6. The highest BCUT2D eigenvalue weighted by molar-refractivity contribution is 5.86. The molecule has 0 amide bonds. The van der Waals surface area contributed by atoms with E-state index in [2.05, 4.69) is 5.32 Å². The van der Waals surface area contributed by atoms with Crippen LogP contribution in [-0.4, -0.2) is 12.7 Å². The zero-order valence-corrected chi connectivity index (χ0v) is 10.3. The van der Waals surface area contributed by atoms with Crippen molar-refractivity contribution in [2.45, 2.75) is 19.1 Å². The summed E-state index contributed by atoms with van der Waals surface area (Å²) in [6.45, 7) is 1.78. The van der Waals surface area contributed by atoms with Gasteiger partial charge in [0.15, 0.2) is 0 Å². The first kappa shape index (κ1) is 13.8. The Balaban J connectivity index is 2.64. The van der Waals surface area contributed by atoms with E-state index in [4.69, 9.17) is 0 Å². The Bertz CT molecular complexity index is 577. The number of benzene rings is 2. The molecule has 1 atom stereocenters. The third-order valence-corrected chi connectivity index (χ3v) is 2.95. The van der Waals surface area contributed by atoms with Gasteiger partial charge in [-0.25, -0.2) is 4.39 Å². The first-order valence-electron chi connectivity index (χ1n) is 5.92. The second-order valence-corrected chi connectivity index (χ2v) is 4.21. The molecule has 0 aromatic heterocycles. The molecule has 0 fully saturated rings. The number of hydrogen-bond donors (Lipinski definition) is 1. The molecule has 102 valence electrons. The van der Waals surface area contributed by atoms with Crippen molar-refractivity contribution in [1.29, 1.82) is 0 Å². The van der Waals surface area contributed by atoms with Gasteiger partial charge < -0.3 is 5.32 Å². The number of nitrogens with one attached hydrogen (secondary N) is 1. The lowest BCUT2D eigenvalue weighted by Gasteiger charge is -2.23. The molecule has 0 saturated carbocycles. The lowest BCUT2D eigenvalue weighted by Crippen LogP contribution is -2.34. The highest BCUT2D eigenvalue weighted by Crippen LogP contribution is 2.36. The Morgan fingerprint density at radius 3 is 2.26 bits per heavy atom. The third kappa shape index (κ3) is 2.71. The maximum Gasteiger partial charge on any atom is 0.407 e. The third-order valence-electron chi connectivity index (χ3n) is 2.95. The fourth-order valence-electron chi connectivity index (χ4n) is 2.14. The van der Waals surface area contributed by atoms with Crippen molar-refractivity contribution < 1.29 is 17.6 Å². The van der Waals surface area contributed by atoms with Crippen molar-refractivity contribution in [1.82, 2.24) is 5.32 Å². The highest BCUT2D eigenvalue weighted by atomic mass is 19.4. The highest BCUT2D eigenvalue weighted by Gasteiger charge is 2.40. The second kappa shape index (κ2) is 5.17. The maximum atomic E-state index is 13.6. The molecule has 0 spiro atoms. The molecular formula is C14H13F4N. The van der Waals surface area contributed by atoms with Crippen LogP contribution in [0.5, 0.6) is 0 Å². The van der Waals surface area contributed by atoms with Crippen molar-refractivity contribution in [2.24, 2.45) is 0 Å². The number of fused-ring (bicyclic) bond motifs is 1. The number of halogens is 4. The van der Waals surface area contributed by atoms with E-state index in [9.17, 15) is 17.6 Å². The summed E-state index contributed by atoms with van der Waals surface area (Å²) in [7, 11) is 0. The molecule has 0 aliphatic rings. The lowest BCUT2D eigenvalue weighted by atomic mass is 9.98. The van der Waals surface area contributed by atoms with Crippen LogP contribution < -0.4 is 5.32 Å². The zero-order chi connectivity index (χ0) is 14.0. The van der Waals surface area contributed by atoms with E-state index in [0.717, 1.165) is 6.07 Å². The molecule has 0 aliphatic heterocycles. The molecule has 5 heteroatoms. The first-order chi connectivity index (χ1) is 8.95. The van der Waals surface area contributed by atoms with Gasteiger partial charge in [-0.15, -0.1) is 0 Å². The van der Waals surface area contributed by atoms with Gasteiger partial charge in [0.25, 0.3) is 0 Å². The summed E-state index contributed by atoms with van der Waals surface area (Å²) in [6, 6.07) is 6.67. The molecular weight excluding hydrogens is 258 g/mol. The van der Waals surface area contributed by atoms with Crippen LogP contribution in [0.15, 0.2) is 36.4 Å². The van der Waals surface area contributed by atoms with Crippen LogP contribution in [0.4, 0.5) is 17.6 Å². The average Bonchev–Trinajstić information content (AvgIpc) is 2.36. The molecule has 0 radical (unpaired) electrons. The minimum absolute atomic E-state index is 0.0475. The predicted molar refractivity (Wildman–Crippen MR) is 66.4 cm³/mol. The van der Waals surface area contributed by atoms with Crippen LogP contribution in [0, 0.1) is 5.82 Å². The van der Waals surface area contributed by atoms with E-state index in [0.29, 0.717) is 0 Å². The van der Waals surface area contributed by atoms with E-state index in [1.807, 2.05) is 0 Å². The van der Waals surface area contributed by atoms with Crippen LogP contribution in [0.3, 0.4) is 0 Å². The minimum Gasteiger partial charge on any atom is -0.303 e. The molecule has 1 N–H and O–H groups in total. The molecule has 0 aliphatic carbocycles. The van der Waals surface area contributed by atoms with Crippen LogP contribution in [0.1, 0.15) is 18.5 Å². The number of hydrogen-bond acceptors (Lipinski definition) is 1. The number of rotatable bonds is 3. The zero-order valence-electron chi connectivity index (χ0n) is 10.3. The summed E-state index contributed by atoms with van der Waals surface area (Å²) in [6.07, 6.45) is -4.42. The Morgan fingerprint density at radius 2 is 1.68 bits per heavy atom. The SMILES string of the molecule is CCNC(c1ccc(F)c2ccccc12)C(F)(F)F. The predicted octanol–water partition coefficient (Wildman–Crippen LogP) is 4.19. The van der Waals surface area contributed by atoms with Crippen LogP contribution in [0.25, 0.3) is 10.8 Å². The van der Waals surface area contributed by atoms with Crippen LogP contribution >= 0.6 is 0 Å². The Hall–Kier alpha value is -1.62. The molecule has 19 heavy (non-hydrogen) atoms. The monoisotopic (exact) mass is 271 g/mol. The van der Waals surface area contributed by atoms with E-state index in [-0.39, 0.29) is 22.9 Å². The van der Waals surface area contributed by atoms with Gasteiger partial charge in [-0.1, -0.05) is 37.3 Å². The van der Waals surface area contributed by atoms with Gasteiger partial charge in [0.05, 0.1) is 0 Å². The van der Waals surface area contributed by atoms with E-state index in [1.54, 1.807) is 19.1 Å². The summed E-state index contributed by atoms with van der Waals surface area (Å²) in [5.74, 6) is -0.517.